The van der Waals surface area contributed by atoms with Crippen LogP contribution >= 0.6 is 0 Å². The highest BCUT2D eigenvalue weighted by Crippen LogP contribution is 2.27. The normalized spacial score (nSPS) is 17.5. The molecule has 1 atom stereocenters. The summed E-state index contributed by atoms with van der Waals surface area (Å²) in [4.78, 5) is 24.4. The minimum atomic E-state index is -0.628. The zero-order chi connectivity index (χ0) is 13.2. The van der Waals surface area contributed by atoms with Crippen molar-refractivity contribution >= 4 is 17.4 Å². The molecule has 3 nitrogen and oxygen atoms in total. The van der Waals surface area contributed by atoms with Crippen LogP contribution in [0.5, 0.6) is 0 Å². The molecule has 94 valence electrons. The van der Waals surface area contributed by atoms with Gasteiger partial charge >= 0.3 is 0 Å². The predicted octanol–water partition coefficient (Wildman–Crippen LogP) is 2.68. The van der Waals surface area contributed by atoms with Gasteiger partial charge in [0, 0.05) is 11.3 Å². The van der Waals surface area contributed by atoms with Gasteiger partial charge in [0.05, 0.1) is 0 Å². The van der Waals surface area contributed by atoms with E-state index in [1.807, 2.05) is 42.5 Å². The molecule has 0 spiro atoms. The summed E-state index contributed by atoms with van der Waals surface area (Å²) in [6, 6.07) is 16.6. The van der Waals surface area contributed by atoms with Crippen molar-refractivity contribution in [2.75, 3.05) is 5.32 Å². The van der Waals surface area contributed by atoms with Gasteiger partial charge in [-0.25, -0.2) is 0 Å². The fraction of sp³-hybridized carbons (Fsp3) is 0.125. The number of ketones is 1. The lowest BCUT2D eigenvalue weighted by Crippen LogP contribution is -2.35. The van der Waals surface area contributed by atoms with E-state index in [9.17, 15) is 9.59 Å². The molecule has 1 aliphatic rings. The molecule has 2 aromatic rings. The Bertz CT molecular complexity index is 634. The first-order valence-corrected chi connectivity index (χ1v) is 6.24. The van der Waals surface area contributed by atoms with Crippen molar-refractivity contribution in [1.29, 1.82) is 0 Å². The van der Waals surface area contributed by atoms with E-state index in [2.05, 4.69) is 5.32 Å². The van der Waals surface area contributed by atoms with Crippen molar-refractivity contribution in [1.82, 2.24) is 0 Å². The molecule has 19 heavy (non-hydrogen) atoms. The monoisotopic (exact) mass is 251 g/mol. The minimum Gasteiger partial charge on any atom is -0.325 e. The highest BCUT2D eigenvalue weighted by molar-refractivity contribution is 6.15. The van der Waals surface area contributed by atoms with Crippen LogP contribution in [-0.4, -0.2) is 11.7 Å². The molecule has 0 bridgehead atoms. The first-order chi connectivity index (χ1) is 9.25. The lowest BCUT2D eigenvalue weighted by molar-refractivity contribution is -0.118. The number of para-hydroxylation sites is 1. The minimum absolute atomic E-state index is 0.118. The summed E-state index contributed by atoms with van der Waals surface area (Å²) in [6.45, 7) is 0. The van der Waals surface area contributed by atoms with E-state index in [1.165, 1.54) is 0 Å². The Morgan fingerprint density at radius 1 is 1.00 bits per heavy atom. The third-order valence-corrected chi connectivity index (χ3v) is 3.39. The largest absolute Gasteiger partial charge is 0.325 e. The molecule has 1 N–H and O–H groups in total. The van der Waals surface area contributed by atoms with Crippen molar-refractivity contribution in [3.05, 3.63) is 65.7 Å². The molecule has 1 heterocycles. The number of Topliss-reactive ketones (excluding diaryl/α,β-unsaturated/α-hetero) is 1. The average Bonchev–Trinajstić information content (AvgIpc) is 2.47. The van der Waals surface area contributed by atoms with Crippen LogP contribution < -0.4 is 5.32 Å². The van der Waals surface area contributed by atoms with Gasteiger partial charge in [0.25, 0.3) is 0 Å². The SMILES string of the molecule is O=C1Nc2ccccc2CC1C(=O)c1ccccc1. The molecule has 0 fully saturated rings. The summed E-state index contributed by atoms with van der Waals surface area (Å²) in [5.74, 6) is -0.961. The first-order valence-electron chi connectivity index (χ1n) is 6.24. The molecule has 0 saturated carbocycles. The van der Waals surface area contributed by atoms with Gasteiger partial charge < -0.3 is 5.32 Å². The number of hydrogen-bond donors (Lipinski definition) is 1. The second-order valence-electron chi connectivity index (χ2n) is 4.63. The standard InChI is InChI=1S/C16H13NO2/c18-15(11-6-2-1-3-7-11)13-10-12-8-4-5-9-14(12)17-16(13)19/h1-9,13H,10H2,(H,17,19). The summed E-state index contributed by atoms with van der Waals surface area (Å²) in [6.07, 6.45) is 0.468. The molecule has 0 saturated heterocycles. The van der Waals surface area contributed by atoms with Gasteiger partial charge in [0.2, 0.25) is 5.91 Å². The van der Waals surface area contributed by atoms with Crippen LogP contribution in [0.3, 0.4) is 0 Å². The molecule has 1 unspecified atom stereocenters. The maximum absolute atomic E-state index is 12.4. The van der Waals surface area contributed by atoms with E-state index < -0.39 is 5.92 Å². The highest BCUT2D eigenvalue weighted by atomic mass is 16.2. The van der Waals surface area contributed by atoms with Crippen LogP contribution in [0.1, 0.15) is 15.9 Å². The zero-order valence-electron chi connectivity index (χ0n) is 10.3. The van der Waals surface area contributed by atoms with Crippen molar-refractivity contribution in [3.63, 3.8) is 0 Å². The molecule has 3 heteroatoms. The Morgan fingerprint density at radius 3 is 2.47 bits per heavy atom. The molecule has 0 aromatic heterocycles. The third kappa shape index (κ3) is 2.15. The number of hydrogen-bond acceptors (Lipinski definition) is 2. The second-order valence-corrected chi connectivity index (χ2v) is 4.63. The number of fused-ring (bicyclic) bond motifs is 1. The molecule has 0 radical (unpaired) electrons. The van der Waals surface area contributed by atoms with E-state index in [4.69, 9.17) is 0 Å². The maximum Gasteiger partial charge on any atom is 0.235 e. The van der Waals surface area contributed by atoms with Gasteiger partial charge in [-0.05, 0) is 18.1 Å². The van der Waals surface area contributed by atoms with Gasteiger partial charge in [-0.3, -0.25) is 9.59 Å². The summed E-state index contributed by atoms with van der Waals surface area (Å²) < 4.78 is 0. The topological polar surface area (TPSA) is 46.2 Å². The molecule has 1 amide bonds. The van der Waals surface area contributed by atoms with Gasteiger partial charge in [-0.2, -0.15) is 0 Å². The zero-order valence-corrected chi connectivity index (χ0v) is 10.3. The Labute approximate surface area is 111 Å². The van der Waals surface area contributed by atoms with Crippen molar-refractivity contribution in [3.8, 4) is 0 Å². The molecular weight excluding hydrogens is 238 g/mol. The summed E-state index contributed by atoms with van der Waals surface area (Å²) in [5.41, 5.74) is 2.41. The Kier molecular flexibility index (Phi) is 2.88. The van der Waals surface area contributed by atoms with Crippen LogP contribution in [0.25, 0.3) is 0 Å². The van der Waals surface area contributed by atoms with Crippen molar-refractivity contribution in [2.45, 2.75) is 6.42 Å². The number of amides is 1. The summed E-state index contributed by atoms with van der Waals surface area (Å²) in [5, 5.41) is 2.80. The number of anilines is 1. The van der Waals surface area contributed by atoms with E-state index >= 15 is 0 Å². The smallest absolute Gasteiger partial charge is 0.235 e. The van der Waals surface area contributed by atoms with E-state index in [0.29, 0.717) is 12.0 Å². The van der Waals surface area contributed by atoms with Crippen LogP contribution in [0.4, 0.5) is 5.69 Å². The highest BCUT2D eigenvalue weighted by Gasteiger charge is 2.32. The second kappa shape index (κ2) is 4.69. The van der Waals surface area contributed by atoms with Crippen LogP contribution in [0.15, 0.2) is 54.6 Å². The number of carbonyl (C=O) groups excluding carboxylic acids is 2. The lowest BCUT2D eigenvalue weighted by atomic mass is 9.87. The predicted molar refractivity (Wildman–Crippen MR) is 73.0 cm³/mol. The molecule has 1 aliphatic heterocycles. The van der Waals surface area contributed by atoms with Crippen LogP contribution in [0, 0.1) is 5.92 Å². The number of nitrogens with one attached hydrogen (secondary N) is 1. The maximum atomic E-state index is 12.4. The quantitative estimate of drug-likeness (QED) is 0.659. The van der Waals surface area contributed by atoms with E-state index in [-0.39, 0.29) is 11.7 Å². The lowest BCUT2D eigenvalue weighted by Gasteiger charge is -2.23. The first kappa shape index (κ1) is 11.7. The molecular formula is C16H13NO2. The third-order valence-electron chi connectivity index (χ3n) is 3.39. The van der Waals surface area contributed by atoms with Crippen molar-refractivity contribution in [2.24, 2.45) is 5.92 Å². The molecule has 2 aromatic carbocycles. The van der Waals surface area contributed by atoms with Gasteiger partial charge in [0.15, 0.2) is 5.78 Å². The number of benzene rings is 2. The average molecular weight is 251 g/mol. The number of carbonyl (C=O) groups is 2. The van der Waals surface area contributed by atoms with E-state index in [1.54, 1.807) is 12.1 Å². The van der Waals surface area contributed by atoms with E-state index in [0.717, 1.165) is 11.3 Å². The Morgan fingerprint density at radius 2 is 1.68 bits per heavy atom. The fourth-order valence-electron chi connectivity index (χ4n) is 2.37. The molecule has 0 aliphatic carbocycles. The fourth-order valence-corrected chi connectivity index (χ4v) is 2.37. The Balaban J connectivity index is 1.91. The summed E-state index contributed by atoms with van der Waals surface area (Å²) >= 11 is 0. The van der Waals surface area contributed by atoms with Crippen LogP contribution in [-0.2, 0) is 11.2 Å². The van der Waals surface area contributed by atoms with Gasteiger partial charge in [-0.15, -0.1) is 0 Å². The van der Waals surface area contributed by atoms with Gasteiger partial charge in [-0.1, -0.05) is 48.5 Å². The number of rotatable bonds is 2. The molecule has 3 rings (SSSR count). The Hall–Kier alpha value is -2.42. The van der Waals surface area contributed by atoms with Gasteiger partial charge in [0.1, 0.15) is 5.92 Å². The van der Waals surface area contributed by atoms with Crippen LogP contribution in [0.2, 0.25) is 0 Å². The van der Waals surface area contributed by atoms with Crippen molar-refractivity contribution < 1.29 is 9.59 Å². The summed E-state index contributed by atoms with van der Waals surface area (Å²) in [7, 11) is 0.